The summed E-state index contributed by atoms with van der Waals surface area (Å²) in [5.74, 6) is 1.11. The molecule has 0 aliphatic rings. The predicted octanol–water partition coefficient (Wildman–Crippen LogP) is 6.69. The summed E-state index contributed by atoms with van der Waals surface area (Å²) in [6.45, 7) is 17.2. The van der Waals surface area contributed by atoms with Gasteiger partial charge < -0.3 is 9.84 Å². The highest BCUT2D eigenvalue weighted by atomic mass is 16.5. The van der Waals surface area contributed by atoms with Gasteiger partial charge in [0, 0.05) is 17.3 Å². The predicted molar refractivity (Wildman–Crippen MR) is 120 cm³/mol. The SMILES string of the molecule is C=CCCOc1ccc(N=Cc2cc(C(C)(C)C)cc(C(C)(C)C)c2O)cc1. The van der Waals surface area contributed by atoms with Crippen LogP contribution in [0.15, 0.2) is 54.0 Å². The van der Waals surface area contributed by atoms with Crippen LogP contribution in [-0.2, 0) is 10.8 Å². The second-order valence-electron chi connectivity index (χ2n) is 9.14. The first-order valence-corrected chi connectivity index (χ1v) is 9.78. The van der Waals surface area contributed by atoms with E-state index < -0.39 is 0 Å². The quantitative estimate of drug-likeness (QED) is 0.345. The highest BCUT2D eigenvalue weighted by molar-refractivity contribution is 5.86. The summed E-state index contributed by atoms with van der Waals surface area (Å²) in [5, 5.41) is 10.8. The van der Waals surface area contributed by atoms with Crippen LogP contribution in [-0.4, -0.2) is 17.9 Å². The minimum absolute atomic E-state index is 0.0132. The molecule has 0 aromatic heterocycles. The van der Waals surface area contributed by atoms with Gasteiger partial charge in [-0.25, -0.2) is 0 Å². The van der Waals surface area contributed by atoms with E-state index in [4.69, 9.17) is 4.74 Å². The van der Waals surface area contributed by atoms with Gasteiger partial charge in [0.2, 0.25) is 0 Å². The Morgan fingerprint density at radius 1 is 1.00 bits per heavy atom. The van der Waals surface area contributed by atoms with Crippen molar-refractivity contribution in [3.05, 3.63) is 65.7 Å². The van der Waals surface area contributed by atoms with Crippen molar-refractivity contribution in [1.29, 1.82) is 0 Å². The van der Waals surface area contributed by atoms with Gasteiger partial charge >= 0.3 is 0 Å². The number of phenols is 1. The summed E-state index contributed by atoms with van der Waals surface area (Å²) in [4.78, 5) is 4.56. The Bertz CT molecular complexity index is 835. The van der Waals surface area contributed by atoms with E-state index in [9.17, 15) is 5.11 Å². The first-order valence-electron chi connectivity index (χ1n) is 9.78. The van der Waals surface area contributed by atoms with Gasteiger partial charge in [-0.2, -0.15) is 0 Å². The molecular formula is C25H33NO2. The minimum Gasteiger partial charge on any atom is -0.507 e. The molecule has 0 saturated carbocycles. The zero-order valence-electron chi connectivity index (χ0n) is 18.0. The van der Waals surface area contributed by atoms with Crippen molar-refractivity contribution in [3.63, 3.8) is 0 Å². The van der Waals surface area contributed by atoms with Gasteiger partial charge in [0.05, 0.1) is 12.3 Å². The van der Waals surface area contributed by atoms with Gasteiger partial charge in [-0.15, -0.1) is 6.58 Å². The molecule has 0 heterocycles. The van der Waals surface area contributed by atoms with Crippen LogP contribution in [0, 0.1) is 0 Å². The molecule has 0 bridgehead atoms. The Kier molecular flexibility index (Phi) is 6.71. The second-order valence-corrected chi connectivity index (χ2v) is 9.14. The fourth-order valence-electron chi connectivity index (χ4n) is 2.79. The molecule has 1 N–H and O–H groups in total. The largest absolute Gasteiger partial charge is 0.507 e. The summed E-state index contributed by atoms with van der Waals surface area (Å²) in [6.07, 6.45) is 4.40. The van der Waals surface area contributed by atoms with Crippen LogP contribution in [0.1, 0.15) is 64.7 Å². The van der Waals surface area contributed by atoms with Gasteiger partial charge in [-0.1, -0.05) is 53.7 Å². The van der Waals surface area contributed by atoms with Gasteiger partial charge in [0.25, 0.3) is 0 Å². The lowest BCUT2D eigenvalue weighted by atomic mass is 9.79. The van der Waals surface area contributed by atoms with Gasteiger partial charge in [-0.05, 0) is 53.1 Å². The van der Waals surface area contributed by atoms with E-state index in [1.54, 1.807) is 6.21 Å². The molecule has 150 valence electrons. The van der Waals surface area contributed by atoms with Crippen LogP contribution in [0.2, 0.25) is 0 Å². The maximum Gasteiger partial charge on any atom is 0.128 e. The maximum absolute atomic E-state index is 10.8. The van der Waals surface area contributed by atoms with Crippen LogP contribution < -0.4 is 4.74 Å². The van der Waals surface area contributed by atoms with Crippen molar-refractivity contribution in [1.82, 2.24) is 0 Å². The number of hydrogen-bond acceptors (Lipinski definition) is 3. The van der Waals surface area contributed by atoms with Crippen molar-refractivity contribution in [2.24, 2.45) is 4.99 Å². The monoisotopic (exact) mass is 379 g/mol. The van der Waals surface area contributed by atoms with Crippen molar-refractivity contribution >= 4 is 11.9 Å². The van der Waals surface area contributed by atoms with Crippen molar-refractivity contribution in [2.75, 3.05) is 6.61 Å². The number of rotatable bonds is 6. The lowest BCUT2D eigenvalue weighted by molar-refractivity contribution is 0.325. The van der Waals surface area contributed by atoms with E-state index in [1.807, 2.05) is 36.4 Å². The highest BCUT2D eigenvalue weighted by Gasteiger charge is 2.24. The molecule has 0 fully saturated rings. The second kappa shape index (κ2) is 8.64. The average Bonchev–Trinajstić information content (AvgIpc) is 2.60. The summed E-state index contributed by atoms with van der Waals surface area (Å²) in [6, 6.07) is 11.8. The van der Waals surface area contributed by atoms with Crippen molar-refractivity contribution < 1.29 is 9.84 Å². The fraction of sp³-hybridized carbons (Fsp3) is 0.400. The number of aliphatic imine (C=N–C) groups is 1. The lowest BCUT2D eigenvalue weighted by Crippen LogP contribution is -2.17. The minimum atomic E-state index is -0.154. The van der Waals surface area contributed by atoms with E-state index in [0.717, 1.165) is 29.0 Å². The molecule has 0 amide bonds. The van der Waals surface area contributed by atoms with E-state index in [0.29, 0.717) is 12.4 Å². The van der Waals surface area contributed by atoms with Gasteiger partial charge in [0.1, 0.15) is 11.5 Å². The molecule has 0 aliphatic carbocycles. The van der Waals surface area contributed by atoms with Crippen LogP contribution >= 0.6 is 0 Å². The first-order chi connectivity index (χ1) is 13.0. The third-order valence-electron chi connectivity index (χ3n) is 4.59. The molecule has 3 heteroatoms. The number of nitrogens with zero attached hydrogens (tertiary/aromatic N) is 1. The molecule has 0 saturated heterocycles. The molecule has 0 radical (unpaired) electrons. The van der Waals surface area contributed by atoms with E-state index in [2.05, 4.69) is 59.2 Å². The normalized spacial score (nSPS) is 12.4. The lowest BCUT2D eigenvalue weighted by Gasteiger charge is -2.26. The Balaban J connectivity index is 2.33. The summed E-state index contributed by atoms with van der Waals surface area (Å²) < 4.78 is 5.63. The van der Waals surface area contributed by atoms with Crippen LogP contribution in [0.5, 0.6) is 11.5 Å². The van der Waals surface area contributed by atoms with E-state index in [-0.39, 0.29) is 10.8 Å². The zero-order chi connectivity index (χ0) is 20.9. The fourth-order valence-corrected chi connectivity index (χ4v) is 2.79. The standard InChI is InChI=1S/C25H33NO2/c1-8-9-14-28-21-12-10-20(11-13-21)26-17-18-15-19(24(2,3)4)16-22(23(18)27)25(5,6)7/h8,10-13,15-17,27H,1,9,14H2,2-7H3. The molecular weight excluding hydrogens is 346 g/mol. The summed E-state index contributed by atoms with van der Waals surface area (Å²) in [5.41, 5.74) is 3.51. The Labute approximate surface area is 169 Å². The molecule has 2 aromatic carbocycles. The highest BCUT2D eigenvalue weighted by Crippen LogP contribution is 2.37. The third-order valence-corrected chi connectivity index (χ3v) is 4.59. The van der Waals surface area contributed by atoms with Crippen molar-refractivity contribution in [2.45, 2.75) is 58.8 Å². The smallest absolute Gasteiger partial charge is 0.128 e. The number of hydrogen-bond donors (Lipinski definition) is 1. The Hall–Kier alpha value is -2.55. The molecule has 2 rings (SSSR count). The maximum atomic E-state index is 10.8. The summed E-state index contributed by atoms with van der Waals surface area (Å²) >= 11 is 0. The Morgan fingerprint density at radius 2 is 1.64 bits per heavy atom. The average molecular weight is 380 g/mol. The van der Waals surface area contributed by atoms with Crippen LogP contribution in [0.4, 0.5) is 5.69 Å². The zero-order valence-corrected chi connectivity index (χ0v) is 18.0. The van der Waals surface area contributed by atoms with Gasteiger partial charge in [0.15, 0.2) is 0 Å². The van der Waals surface area contributed by atoms with Crippen LogP contribution in [0.3, 0.4) is 0 Å². The molecule has 28 heavy (non-hydrogen) atoms. The summed E-state index contributed by atoms with van der Waals surface area (Å²) in [7, 11) is 0. The first kappa shape index (κ1) is 21.7. The van der Waals surface area contributed by atoms with E-state index in [1.165, 1.54) is 5.56 Å². The van der Waals surface area contributed by atoms with E-state index >= 15 is 0 Å². The number of benzene rings is 2. The molecule has 0 spiro atoms. The van der Waals surface area contributed by atoms with Gasteiger partial charge in [-0.3, -0.25) is 4.99 Å². The molecule has 0 aliphatic heterocycles. The molecule has 0 atom stereocenters. The third kappa shape index (κ3) is 5.72. The number of phenolic OH excluding ortho intramolecular Hbond substituents is 1. The van der Waals surface area contributed by atoms with Crippen molar-refractivity contribution in [3.8, 4) is 11.5 Å². The molecule has 3 nitrogen and oxygen atoms in total. The molecule has 2 aromatic rings. The number of aromatic hydroxyl groups is 1. The Morgan fingerprint density at radius 3 is 2.18 bits per heavy atom. The molecule has 0 unspecified atom stereocenters. The topological polar surface area (TPSA) is 41.8 Å². The van der Waals surface area contributed by atoms with Crippen LogP contribution in [0.25, 0.3) is 0 Å². The number of ether oxygens (including phenoxy) is 1.